The molecule has 0 aliphatic heterocycles. The van der Waals surface area contributed by atoms with Crippen LogP contribution in [0.2, 0.25) is 0 Å². The van der Waals surface area contributed by atoms with Crippen molar-refractivity contribution in [3.8, 4) is 0 Å². The van der Waals surface area contributed by atoms with Crippen molar-refractivity contribution in [3.05, 3.63) is 29.9 Å². The minimum Gasteiger partial charge on any atom is -0.481 e. The summed E-state index contributed by atoms with van der Waals surface area (Å²) in [6.45, 7) is 0. The number of aliphatic carboxylic acids is 1. The highest BCUT2D eigenvalue weighted by molar-refractivity contribution is 5.74. The molecule has 1 aliphatic carbocycles. The number of oxazole rings is 1. The van der Waals surface area contributed by atoms with Gasteiger partial charge in [0, 0.05) is 12.0 Å². The molecule has 5 heteroatoms. The van der Waals surface area contributed by atoms with E-state index in [-0.39, 0.29) is 11.7 Å². The second-order valence-corrected chi connectivity index (χ2v) is 5.00. The van der Waals surface area contributed by atoms with Gasteiger partial charge in [0.15, 0.2) is 11.5 Å². The summed E-state index contributed by atoms with van der Waals surface area (Å²) in [6.07, 6.45) is 3.29. The first-order chi connectivity index (χ1) is 9.15. The number of rotatable bonds is 2. The number of carbonyl (C=O) groups is 1. The number of benzene rings is 1. The highest BCUT2D eigenvalue weighted by atomic mass is 19.1. The number of nitrogens with zero attached hydrogens (tertiary/aromatic N) is 1. The first kappa shape index (κ1) is 12.1. The molecule has 2 atom stereocenters. The standard InChI is InChI=1S/C14H14FNO3/c15-8-5-6-11-12(7-8)19-13(16-11)9-3-1-2-4-10(9)14(17)18/h5-7,9-10H,1-4H2,(H,17,18). The maximum absolute atomic E-state index is 13.1. The first-order valence-electron chi connectivity index (χ1n) is 6.44. The fourth-order valence-corrected chi connectivity index (χ4v) is 2.80. The Morgan fingerprint density at radius 1 is 1.37 bits per heavy atom. The molecule has 4 nitrogen and oxygen atoms in total. The summed E-state index contributed by atoms with van der Waals surface area (Å²) in [5.74, 6) is -1.42. The van der Waals surface area contributed by atoms with E-state index in [0.29, 0.717) is 23.4 Å². The number of carboxylic acids is 1. The van der Waals surface area contributed by atoms with Crippen LogP contribution in [0.3, 0.4) is 0 Å². The van der Waals surface area contributed by atoms with Crippen LogP contribution < -0.4 is 0 Å². The molecule has 1 heterocycles. The van der Waals surface area contributed by atoms with E-state index >= 15 is 0 Å². The molecular formula is C14H14FNO3. The molecule has 1 N–H and O–H groups in total. The SMILES string of the molecule is O=C(O)C1CCCCC1c1nc2ccc(F)cc2o1. The molecule has 0 spiro atoms. The van der Waals surface area contributed by atoms with E-state index in [9.17, 15) is 14.3 Å². The van der Waals surface area contributed by atoms with Crippen LogP contribution in [0, 0.1) is 11.7 Å². The van der Waals surface area contributed by atoms with E-state index < -0.39 is 11.9 Å². The average molecular weight is 263 g/mol. The largest absolute Gasteiger partial charge is 0.481 e. The Hall–Kier alpha value is -1.91. The van der Waals surface area contributed by atoms with Gasteiger partial charge in [-0.05, 0) is 25.0 Å². The molecular weight excluding hydrogens is 249 g/mol. The van der Waals surface area contributed by atoms with Crippen LogP contribution in [0.1, 0.15) is 37.5 Å². The number of hydrogen-bond acceptors (Lipinski definition) is 3. The van der Waals surface area contributed by atoms with Crippen LogP contribution in [0.25, 0.3) is 11.1 Å². The molecule has 0 bridgehead atoms. The second-order valence-electron chi connectivity index (χ2n) is 5.00. The monoisotopic (exact) mass is 263 g/mol. The zero-order valence-electron chi connectivity index (χ0n) is 10.3. The number of aromatic nitrogens is 1. The van der Waals surface area contributed by atoms with Gasteiger partial charge in [0.1, 0.15) is 11.3 Å². The van der Waals surface area contributed by atoms with Gasteiger partial charge in [-0.3, -0.25) is 4.79 Å². The van der Waals surface area contributed by atoms with E-state index in [1.165, 1.54) is 12.1 Å². The maximum atomic E-state index is 13.1. The molecule has 0 radical (unpaired) electrons. The predicted octanol–water partition coefficient (Wildman–Crippen LogP) is 3.33. The number of hydrogen-bond donors (Lipinski definition) is 1. The molecule has 3 rings (SSSR count). The van der Waals surface area contributed by atoms with E-state index in [4.69, 9.17) is 4.42 Å². The molecule has 2 aromatic rings. The highest BCUT2D eigenvalue weighted by Gasteiger charge is 2.35. The number of halogens is 1. The van der Waals surface area contributed by atoms with Crippen molar-refractivity contribution in [2.45, 2.75) is 31.6 Å². The van der Waals surface area contributed by atoms with Gasteiger partial charge in [-0.2, -0.15) is 0 Å². The van der Waals surface area contributed by atoms with Crippen molar-refractivity contribution < 1.29 is 18.7 Å². The lowest BCUT2D eigenvalue weighted by Gasteiger charge is -2.25. The van der Waals surface area contributed by atoms with Gasteiger partial charge in [0.2, 0.25) is 0 Å². The molecule has 1 aliphatic rings. The summed E-state index contributed by atoms with van der Waals surface area (Å²) in [4.78, 5) is 15.6. The minimum absolute atomic E-state index is 0.207. The van der Waals surface area contributed by atoms with Crippen molar-refractivity contribution in [1.82, 2.24) is 4.98 Å². The van der Waals surface area contributed by atoms with Gasteiger partial charge in [-0.1, -0.05) is 12.8 Å². The molecule has 1 aromatic carbocycles. The van der Waals surface area contributed by atoms with E-state index in [1.807, 2.05) is 0 Å². The van der Waals surface area contributed by atoms with Crippen LogP contribution in [0.4, 0.5) is 4.39 Å². The van der Waals surface area contributed by atoms with E-state index in [0.717, 1.165) is 19.3 Å². The molecule has 1 fully saturated rings. The summed E-state index contributed by atoms with van der Waals surface area (Å²) in [5, 5.41) is 9.26. The zero-order valence-corrected chi connectivity index (χ0v) is 10.3. The van der Waals surface area contributed by atoms with Crippen molar-refractivity contribution in [2.75, 3.05) is 0 Å². The summed E-state index contributed by atoms with van der Waals surface area (Å²) in [6, 6.07) is 4.16. The number of carboxylic acid groups (broad SMARTS) is 1. The Morgan fingerprint density at radius 2 is 2.16 bits per heavy atom. The first-order valence-corrected chi connectivity index (χ1v) is 6.44. The topological polar surface area (TPSA) is 63.3 Å². The lowest BCUT2D eigenvalue weighted by atomic mass is 9.79. The predicted molar refractivity (Wildman–Crippen MR) is 66.3 cm³/mol. The van der Waals surface area contributed by atoms with E-state index in [2.05, 4.69) is 4.98 Å². The molecule has 19 heavy (non-hydrogen) atoms. The smallest absolute Gasteiger partial charge is 0.307 e. The lowest BCUT2D eigenvalue weighted by molar-refractivity contribution is -0.143. The average Bonchev–Trinajstić information content (AvgIpc) is 2.81. The summed E-state index contributed by atoms with van der Waals surface area (Å²) >= 11 is 0. The Kier molecular flexibility index (Phi) is 2.97. The third kappa shape index (κ3) is 2.20. The fourth-order valence-electron chi connectivity index (χ4n) is 2.80. The summed E-state index contributed by atoms with van der Waals surface area (Å²) in [7, 11) is 0. The quantitative estimate of drug-likeness (QED) is 0.902. The zero-order chi connectivity index (χ0) is 13.4. The van der Waals surface area contributed by atoms with Crippen molar-refractivity contribution in [1.29, 1.82) is 0 Å². The van der Waals surface area contributed by atoms with Crippen LogP contribution in [-0.2, 0) is 4.79 Å². The molecule has 1 aromatic heterocycles. The van der Waals surface area contributed by atoms with Crippen molar-refractivity contribution >= 4 is 17.1 Å². The second kappa shape index (κ2) is 4.64. The van der Waals surface area contributed by atoms with Gasteiger partial charge >= 0.3 is 5.97 Å². The Morgan fingerprint density at radius 3 is 2.95 bits per heavy atom. The number of fused-ring (bicyclic) bond motifs is 1. The normalized spacial score (nSPS) is 23.6. The van der Waals surface area contributed by atoms with Gasteiger partial charge in [-0.25, -0.2) is 9.37 Å². The molecule has 2 unspecified atom stereocenters. The summed E-state index contributed by atoms with van der Waals surface area (Å²) in [5.41, 5.74) is 0.954. The van der Waals surface area contributed by atoms with Gasteiger partial charge in [0.05, 0.1) is 5.92 Å². The maximum Gasteiger partial charge on any atom is 0.307 e. The third-order valence-corrected chi connectivity index (χ3v) is 3.77. The molecule has 0 saturated heterocycles. The Bertz CT molecular complexity index is 622. The molecule has 100 valence electrons. The van der Waals surface area contributed by atoms with Crippen LogP contribution in [-0.4, -0.2) is 16.1 Å². The van der Waals surface area contributed by atoms with Crippen LogP contribution in [0.5, 0.6) is 0 Å². The Balaban J connectivity index is 1.99. The fraction of sp³-hybridized carbons (Fsp3) is 0.429. The third-order valence-electron chi connectivity index (χ3n) is 3.77. The minimum atomic E-state index is -0.807. The molecule has 0 amide bonds. The van der Waals surface area contributed by atoms with Crippen molar-refractivity contribution in [3.63, 3.8) is 0 Å². The van der Waals surface area contributed by atoms with Gasteiger partial charge in [0.25, 0.3) is 0 Å². The van der Waals surface area contributed by atoms with Crippen LogP contribution in [0.15, 0.2) is 22.6 Å². The van der Waals surface area contributed by atoms with Gasteiger partial charge in [-0.15, -0.1) is 0 Å². The van der Waals surface area contributed by atoms with Crippen LogP contribution >= 0.6 is 0 Å². The van der Waals surface area contributed by atoms with E-state index in [1.54, 1.807) is 6.07 Å². The molecule has 1 saturated carbocycles. The van der Waals surface area contributed by atoms with Gasteiger partial charge < -0.3 is 9.52 Å². The van der Waals surface area contributed by atoms with Crippen molar-refractivity contribution in [2.24, 2.45) is 5.92 Å². The summed E-state index contributed by atoms with van der Waals surface area (Å²) < 4.78 is 18.7. The lowest BCUT2D eigenvalue weighted by Crippen LogP contribution is -2.25. The highest BCUT2D eigenvalue weighted by Crippen LogP contribution is 2.38. The Labute approximate surface area is 109 Å².